The van der Waals surface area contributed by atoms with E-state index in [9.17, 15) is 19.2 Å². The first-order chi connectivity index (χ1) is 15.8. The largest absolute Gasteiger partial charge is 0.478 e. The molecule has 33 heavy (non-hydrogen) atoms. The van der Waals surface area contributed by atoms with Crippen molar-refractivity contribution in [1.82, 2.24) is 10.2 Å². The summed E-state index contributed by atoms with van der Waals surface area (Å²) in [6.07, 6.45) is 1.37. The molecule has 9 nitrogen and oxygen atoms in total. The van der Waals surface area contributed by atoms with Crippen molar-refractivity contribution in [2.45, 2.75) is 6.92 Å². The number of aromatic carboxylic acids is 1. The number of hydrogen-bond acceptors (Lipinski definition) is 5. The van der Waals surface area contributed by atoms with E-state index in [0.29, 0.717) is 22.8 Å². The quantitative estimate of drug-likeness (QED) is 0.394. The van der Waals surface area contributed by atoms with E-state index < -0.39 is 30.4 Å². The van der Waals surface area contributed by atoms with Gasteiger partial charge in [0.25, 0.3) is 5.91 Å². The Kier molecular flexibility index (Phi) is 5.77. The van der Waals surface area contributed by atoms with Gasteiger partial charge in [0.15, 0.2) is 0 Å². The highest BCUT2D eigenvalue weighted by Crippen LogP contribution is 2.24. The summed E-state index contributed by atoms with van der Waals surface area (Å²) >= 11 is 0. The summed E-state index contributed by atoms with van der Waals surface area (Å²) in [6, 6.07) is 15.8. The highest BCUT2D eigenvalue weighted by Gasteiger charge is 2.35. The zero-order valence-corrected chi connectivity index (χ0v) is 17.5. The van der Waals surface area contributed by atoms with Gasteiger partial charge in [0, 0.05) is 17.3 Å². The molecule has 0 aliphatic carbocycles. The third kappa shape index (κ3) is 4.82. The van der Waals surface area contributed by atoms with Crippen LogP contribution in [-0.2, 0) is 9.59 Å². The molecule has 3 N–H and O–H groups in total. The molecule has 0 unspecified atom stereocenters. The van der Waals surface area contributed by atoms with Crippen LogP contribution in [0.4, 0.5) is 10.5 Å². The van der Waals surface area contributed by atoms with Crippen LogP contribution in [0.25, 0.3) is 17.4 Å². The lowest BCUT2D eigenvalue weighted by Gasteiger charge is -2.12. The van der Waals surface area contributed by atoms with E-state index in [1.165, 1.54) is 18.2 Å². The van der Waals surface area contributed by atoms with E-state index >= 15 is 0 Å². The number of carboxylic acids is 1. The molecule has 0 atom stereocenters. The van der Waals surface area contributed by atoms with Crippen molar-refractivity contribution in [1.29, 1.82) is 0 Å². The van der Waals surface area contributed by atoms with Crippen LogP contribution in [0.3, 0.4) is 0 Å². The van der Waals surface area contributed by atoms with Crippen LogP contribution < -0.4 is 10.6 Å². The molecule has 166 valence electrons. The molecule has 2 heterocycles. The lowest BCUT2D eigenvalue weighted by Crippen LogP contribution is -2.38. The van der Waals surface area contributed by atoms with Crippen LogP contribution in [0, 0.1) is 6.92 Å². The maximum atomic E-state index is 12.6. The minimum absolute atomic E-state index is 0.0229. The summed E-state index contributed by atoms with van der Waals surface area (Å²) in [6.45, 7) is 1.49. The lowest BCUT2D eigenvalue weighted by molar-refractivity contribution is -0.127. The van der Waals surface area contributed by atoms with Crippen LogP contribution in [-0.4, -0.2) is 40.4 Å². The molecular weight excluding hydrogens is 426 g/mol. The number of carbonyl (C=O) groups excluding carboxylic acids is 3. The molecule has 0 spiro atoms. The number of imide groups is 1. The Bertz CT molecular complexity index is 1270. The second kappa shape index (κ2) is 8.83. The molecule has 2 aromatic carbocycles. The molecule has 4 rings (SSSR count). The normalized spacial score (nSPS) is 14.5. The van der Waals surface area contributed by atoms with Gasteiger partial charge in [-0.15, -0.1) is 0 Å². The predicted octanol–water partition coefficient (Wildman–Crippen LogP) is 3.48. The van der Waals surface area contributed by atoms with Gasteiger partial charge >= 0.3 is 12.0 Å². The minimum Gasteiger partial charge on any atom is -0.478 e. The Hall–Kier alpha value is -4.66. The summed E-state index contributed by atoms with van der Waals surface area (Å²) < 4.78 is 5.70. The number of benzene rings is 2. The van der Waals surface area contributed by atoms with Crippen LogP contribution >= 0.6 is 0 Å². The Labute approximate surface area is 188 Å². The fourth-order valence-corrected chi connectivity index (χ4v) is 3.20. The highest BCUT2D eigenvalue weighted by atomic mass is 16.4. The maximum Gasteiger partial charge on any atom is 0.335 e. The van der Waals surface area contributed by atoms with Crippen LogP contribution in [0.2, 0.25) is 0 Å². The molecule has 0 radical (unpaired) electrons. The summed E-state index contributed by atoms with van der Waals surface area (Å²) in [5.74, 6) is -1.41. The molecule has 3 aromatic rings. The summed E-state index contributed by atoms with van der Waals surface area (Å²) in [5.41, 5.74) is 2.38. The third-order valence-electron chi connectivity index (χ3n) is 4.93. The van der Waals surface area contributed by atoms with Crippen LogP contribution in [0.1, 0.15) is 21.7 Å². The number of anilines is 1. The molecule has 1 aliphatic rings. The maximum absolute atomic E-state index is 12.6. The van der Waals surface area contributed by atoms with Gasteiger partial charge in [-0.2, -0.15) is 0 Å². The second-order valence-corrected chi connectivity index (χ2v) is 7.38. The average molecular weight is 445 g/mol. The second-order valence-electron chi connectivity index (χ2n) is 7.38. The van der Waals surface area contributed by atoms with Crippen molar-refractivity contribution >= 4 is 35.6 Å². The summed E-state index contributed by atoms with van der Waals surface area (Å²) in [7, 11) is 0. The van der Waals surface area contributed by atoms with Crippen LogP contribution in [0.5, 0.6) is 0 Å². The lowest BCUT2D eigenvalue weighted by atomic mass is 10.1. The number of furan rings is 1. The standard InChI is InChI=1S/C24H19N3O6/c1-14-2-8-17(9-3-14)25-21(28)13-27-22(29)19(26-24(27)32)12-18-10-11-20(33-18)15-4-6-16(7-5-15)23(30)31/h2-12H,13H2,1H3,(H,25,28)(H,26,32)(H,30,31). The van der Waals surface area contributed by atoms with Crippen molar-refractivity contribution in [3.63, 3.8) is 0 Å². The molecular formula is C24H19N3O6. The number of amides is 4. The molecule has 9 heteroatoms. The monoisotopic (exact) mass is 445 g/mol. The summed E-state index contributed by atoms with van der Waals surface area (Å²) in [4.78, 5) is 48.9. The predicted molar refractivity (Wildman–Crippen MR) is 119 cm³/mol. The van der Waals surface area contributed by atoms with Crippen molar-refractivity contribution in [3.8, 4) is 11.3 Å². The first-order valence-corrected chi connectivity index (χ1v) is 9.95. The molecule has 0 bridgehead atoms. The van der Waals surface area contributed by atoms with Gasteiger partial charge in [-0.1, -0.05) is 29.8 Å². The van der Waals surface area contributed by atoms with E-state index in [2.05, 4.69) is 10.6 Å². The van der Waals surface area contributed by atoms with Gasteiger partial charge in [-0.05, 0) is 43.3 Å². The van der Waals surface area contributed by atoms with E-state index in [4.69, 9.17) is 9.52 Å². The Morgan fingerprint density at radius 2 is 1.73 bits per heavy atom. The van der Waals surface area contributed by atoms with Gasteiger partial charge in [0.1, 0.15) is 23.8 Å². The molecule has 0 saturated carbocycles. The van der Waals surface area contributed by atoms with E-state index in [1.54, 1.807) is 36.4 Å². The van der Waals surface area contributed by atoms with Crippen molar-refractivity contribution in [2.75, 3.05) is 11.9 Å². The molecule has 1 saturated heterocycles. The molecule has 1 aromatic heterocycles. The summed E-state index contributed by atoms with van der Waals surface area (Å²) in [5, 5.41) is 14.1. The fraction of sp³-hybridized carbons (Fsp3) is 0.0833. The van der Waals surface area contributed by atoms with E-state index in [0.717, 1.165) is 10.5 Å². The molecule has 4 amide bonds. The minimum atomic E-state index is -1.03. The number of rotatable bonds is 6. The van der Waals surface area contributed by atoms with E-state index in [-0.39, 0.29) is 11.3 Å². The van der Waals surface area contributed by atoms with Gasteiger partial charge in [-0.3, -0.25) is 9.59 Å². The zero-order valence-electron chi connectivity index (χ0n) is 17.5. The number of nitrogens with one attached hydrogen (secondary N) is 2. The number of aryl methyl sites for hydroxylation is 1. The Morgan fingerprint density at radius 3 is 2.39 bits per heavy atom. The van der Waals surface area contributed by atoms with Crippen molar-refractivity contribution in [2.24, 2.45) is 0 Å². The van der Waals surface area contributed by atoms with Gasteiger partial charge in [0.2, 0.25) is 5.91 Å². The molecule has 1 fully saturated rings. The Balaban J connectivity index is 1.43. The SMILES string of the molecule is Cc1ccc(NC(=O)CN2C(=O)NC(=Cc3ccc(-c4ccc(C(=O)O)cc4)o3)C2=O)cc1. The smallest absolute Gasteiger partial charge is 0.335 e. The molecule has 1 aliphatic heterocycles. The third-order valence-corrected chi connectivity index (χ3v) is 4.93. The van der Waals surface area contributed by atoms with Crippen molar-refractivity contribution in [3.05, 3.63) is 83.2 Å². The first kappa shape index (κ1) is 21.6. The van der Waals surface area contributed by atoms with Crippen LogP contribution in [0.15, 0.2) is 70.8 Å². The number of urea groups is 1. The van der Waals surface area contributed by atoms with Gasteiger partial charge < -0.3 is 20.2 Å². The number of nitrogens with zero attached hydrogens (tertiary/aromatic N) is 1. The van der Waals surface area contributed by atoms with Crippen molar-refractivity contribution < 1.29 is 28.7 Å². The zero-order chi connectivity index (χ0) is 23.5. The number of carboxylic acid groups (broad SMARTS) is 1. The van der Waals surface area contributed by atoms with Gasteiger partial charge in [0.05, 0.1) is 5.56 Å². The topological polar surface area (TPSA) is 129 Å². The average Bonchev–Trinajstić information content (AvgIpc) is 3.36. The fourth-order valence-electron chi connectivity index (χ4n) is 3.20. The highest BCUT2D eigenvalue weighted by molar-refractivity contribution is 6.15. The first-order valence-electron chi connectivity index (χ1n) is 9.95. The van der Waals surface area contributed by atoms with E-state index in [1.807, 2.05) is 19.1 Å². The number of hydrogen-bond donors (Lipinski definition) is 3. The Morgan fingerprint density at radius 1 is 1.03 bits per heavy atom. The van der Waals surface area contributed by atoms with Gasteiger partial charge in [-0.25, -0.2) is 14.5 Å². The number of carbonyl (C=O) groups is 4.